The van der Waals surface area contributed by atoms with Crippen molar-refractivity contribution in [3.63, 3.8) is 0 Å². The molecule has 0 saturated heterocycles. The van der Waals surface area contributed by atoms with Gasteiger partial charge in [-0.1, -0.05) is 54.8 Å². The van der Waals surface area contributed by atoms with Gasteiger partial charge < -0.3 is 10.2 Å². The monoisotopic (exact) mass is 483 g/mol. The van der Waals surface area contributed by atoms with Crippen molar-refractivity contribution in [3.05, 3.63) is 65.2 Å². The first-order chi connectivity index (χ1) is 16.2. The van der Waals surface area contributed by atoms with Crippen LogP contribution in [0.2, 0.25) is 0 Å². The van der Waals surface area contributed by atoms with E-state index in [0.29, 0.717) is 4.31 Å². The van der Waals surface area contributed by atoms with E-state index in [1.54, 1.807) is 13.0 Å². The minimum atomic E-state index is -4.13. The minimum Gasteiger partial charge on any atom is -0.352 e. The van der Waals surface area contributed by atoms with Gasteiger partial charge in [0.1, 0.15) is 17.5 Å². The normalized spacial score (nSPS) is 17.9. The van der Waals surface area contributed by atoms with Crippen LogP contribution in [0.1, 0.15) is 54.1 Å². The molecule has 34 heavy (non-hydrogen) atoms. The Morgan fingerprint density at radius 1 is 1.12 bits per heavy atom. The fourth-order valence-electron chi connectivity index (χ4n) is 4.58. The van der Waals surface area contributed by atoms with Gasteiger partial charge in [-0.05, 0) is 44.4 Å². The molecular formula is C25H29N3O5S. The maximum Gasteiger partial charge on any atom is 0.269 e. The van der Waals surface area contributed by atoms with Crippen molar-refractivity contribution in [3.8, 4) is 0 Å². The van der Waals surface area contributed by atoms with Crippen LogP contribution < -0.4 is 5.32 Å². The fraction of sp³-hybridized carbons (Fsp3) is 0.400. The summed E-state index contributed by atoms with van der Waals surface area (Å²) in [5.74, 6) is -1.63. The highest BCUT2D eigenvalue weighted by atomic mass is 32.2. The van der Waals surface area contributed by atoms with Crippen molar-refractivity contribution in [2.75, 3.05) is 6.54 Å². The maximum absolute atomic E-state index is 13.4. The van der Waals surface area contributed by atoms with Crippen LogP contribution in [0.3, 0.4) is 0 Å². The average Bonchev–Trinajstić information content (AvgIpc) is 3.38. The van der Waals surface area contributed by atoms with Gasteiger partial charge in [-0.3, -0.25) is 14.4 Å². The first-order valence-corrected chi connectivity index (χ1v) is 12.9. The van der Waals surface area contributed by atoms with Crippen molar-refractivity contribution < 1.29 is 22.8 Å². The molecule has 4 rings (SSSR count). The summed E-state index contributed by atoms with van der Waals surface area (Å²) in [6, 6.07) is 12.7. The Labute approximate surface area is 200 Å². The van der Waals surface area contributed by atoms with Gasteiger partial charge in [-0.15, -0.1) is 0 Å². The molecule has 1 heterocycles. The highest BCUT2D eigenvalue weighted by molar-refractivity contribution is 7.90. The lowest BCUT2D eigenvalue weighted by molar-refractivity contribution is -0.140. The number of hydrogen-bond acceptors (Lipinski definition) is 5. The smallest absolute Gasteiger partial charge is 0.269 e. The number of rotatable bonds is 7. The third kappa shape index (κ3) is 4.70. The minimum absolute atomic E-state index is 0.0487. The predicted molar refractivity (Wildman–Crippen MR) is 126 cm³/mol. The number of fused-ring (bicyclic) bond motifs is 1. The fourth-order valence-corrected chi connectivity index (χ4v) is 6.10. The highest BCUT2D eigenvalue weighted by Gasteiger charge is 2.43. The Kier molecular flexibility index (Phi) is 6.74. The van der Waals surface area contributed by atoms with Crippen LogP contribution in [0.25, 0.3) is 0 Å². The summed E-state index contributed by atoms with van der Waals surface area (Å²) >= 11 is 0. The van der Waals surface area contributed by atoms with E-state index in [0.717, 1.165) is 36.8 Å². The quantitative estimate of drug-likeness (QED) is 0.652. The van der Waals surface area contributed by atoms with Gasteiger partial charge in [-0.2, -0.15) is 0 Å². The van der Waals surface area contributed by atoms with Gasteiger partial charge in [0, 0.05) is 12.6 Å². The zero-order valence-corrected chi connectivity index (χ0v) is 20.2. The molecule has 1 aliphatic heterocycles. The van der Waals surface area contributed by atoms with Gasteiger partial charge in [0.15, 0.2) is 0 Å². The van der Waals surface area contributed by atoms with Gasteiger partial charge in [-0.25, -0.2) is 12.7 Å². The van der Waals surface area contributed by atoms with Crippen LogP contribution in [-0.2, 0) is 26.2 Å². The van der Waals surface area contributed by atoms with E-state index in [9.17, 15) is 22.8 Å². The number of sulfonamides is 1. The number of aryl methyl sites for hydroxylation is 1. The molecule has 0 radical (unpaired) electrons. The summed E-state index contributed by atoms with van der Waals surface area (Å²) in [5, 5.41) is 3.01. The van der Waals surface area contributed by atoms with Gasteiger partial charge >= 0.3 is 0 Å². The Bertz CT molecular complexity index is 1220. The van der Waals surface area contributed by atoms with E-state index < -0.39 is 34.4 Å². The van der Waals surface area contributed by atoms with E-state index in [4.69, 9.17) is 0 Å². The molecule has 1 saturated carbocycles. The first-order valence-electron chi connectivity index (χ1n) is 11.5. The van der Waals surface area contributed by atoms with Crippen molar-refractivity contribution in [1.82, 2.24) is 14.5 Å². The average molecular weight is 484 g/mol. The molecule has 3 amide bonds. The molecule has 1 N–H and O–H groups in total. The third-order valence-corrected chi connectivity index (χ3v) is 8.28. The molecule has 0 bridgehead atoms. The van der Waals surface area contributed by atoms with Crippen molar-refractivity contribution in [2.24, 2.45) is 0 Å². The van der Waals surface area contributed by atoms with E-state index in [-0.39, 0.29) is 29.0 Å². The lowest BCUT2D eigenvalue weighted by Crippen LogP contribution is -2.52. The van der Waals surface area contributed by atoms with Crippen molar-refractivity contribution >= 4 is 27.7 Å². The third-order valence-electron chi connectivity index (χ3n) is 6.50. The lowest BCUT2D eigenvalue weighted by atomic mass is 10.1. The summed E-state index contributed by atoms with van der Waals surface area (Å²) in [6.45, 7) is 3.02. The topological polar surface area (TPSA) is 104 Å². The van der Waals surface area contributed by atoms with Gasteiger partial charge in [0.25, 0.3) is 15.9 Å². The molecule has 0 spiro atoms. The number of carbonyl (C=O) groups excluding carboxylic acids is 3. The summed E-state index contributed by atoms with van der Waals surface area (Å²) in [5.41, 5.74) is 1.86. The standard InChI is InChI=1S/C25H29N3O5S/c1-17-8-7-9-19(14-17)15-27(18(2)24(30)26-20-10-3-4-11-20)23(29)16-28-25(31)21-12-5-6-13-22(21)34(28,32)33/h5-9,12-14,18,20H,3-4,10-11,15-16H2,1-2H3,(H,26,30)/t18-/m1/s1. The van der Waals surface area contributed by atoms with Crippen molar-refractivity contribution in [2.45, 2.75) is 63.1 Å². The number of amides is 3. The molecule has 2 aromatic carbocycles. The number of nitrogens with zero attached hydrogens (tertiary/aromatic N) is 2. The maximum atomic E-state index is 13.4. The number of benzene rings is 2. The Balaban J connectivity index is 1.58. The molecular weight excluding hydrogens is 454 g/mol. The summed E-state index contributed by atoms with van der Waals surface area (Å²) in [6.07, 6.45) is 3.92. The molecule has 180 valence electrons. The number of nitrogens with one attached hydrogen (secondary N) is 1. The van der Waals surface area contributed by atoms with E-state index in [1.165, 1.54) is 23.1 Å². The molecule has 9 heteroatoms. The van der Waals surface area contributed by atoms with E-state index >= 15 is 0 Å². The summed E-state index contributed by atoms with van der Waals surface area (Å²) in [4.78, 5) is 40.5. The molecule has 2 aliphatic rings. The Morgan fingerprint density at radius 3 is 2.50 bits per heavy atom. The van der Waals surface area contributed by atoms with E-state index in [2.05, 4.69) is 5.32 Å². The van der Waals surface area contributed by atoms with Gasteiger partial charge in [0.2, 0.25) is 11.8 Å². The largest absolute Gasteiger partial charge is 0.352 e. The second kappa shape index (κ2) is 9.58. The predicted octanol–water partition coefficient (Wildman–Crippen LogP) is 2.62. The summed E-state index contributed by atoms with van der Waals surface area (Å²) < 4.78 is 26.5. The Morgan fingerprint density at radius 2 is 1.82 bits per heavy atom. The molecule has 0 aromatic heterocycles. The van der Waals surface area contributed by atoms with Crippen LogP contribution in [0.5, 0.6) is 0 Å². The number of carbonyl (C=O) groups is 3. The van der Waals surface area contributed by atoms with Gasteiger partial charge in [0.05, 0.1) is 5.56 Å². The molecule has 1 aliphatic carbocycles. The lowest BCUT2D eigenvalue weighted by Gasteiger charge is -2.31. The Hall–Kier alpha value is -3.20. The zero-order chi connectivity index (χ0) is 24.5. The highest BCUT2D eigenvalue weighted by Crippen LogP contribution is 2.30. The summed E-state index contributed by atoms with van der Waals surface area (Å²) in [7, 11) is -4.13. The van der Waals surface area contributed by atoms with Crippen LogP contribution in [-0.4, -0.2) is 54.0 Å². The van der Waals surface area contributed by atoms with Crippen LogP contribution in [0, 0.1) is 6.92 Å². The molecule has 8 nitrogen and oxygen atoms in total. The zero-order valence-electron chi connectivity index (χ0n) is 19.4. The first kappa shape index (κ1) is 23.9. The van der Waals surface area contributed by atoms with E-state index in [1.807, 2.05) is 31.2 Å². The molecule has 2 aromatic rings. The molecule has 1 atom stereocenters. The van der Waals surface area contributed by atoms with Crippen LogP contribution in [0.4, 0.5) is 0 Å². The van der Waals surface area contributed by atoms with Crippen LogP contribution >= 0.6 is 0 Å². The molecule has 0 unspecified atom stereocenters. The SMILES string of the molecule is Cc1cccc(CN(C(=O)CN2C(=O)c3ccccc3S2(=O)=O)[C@H](C)C(=O)NC2CCCC2)c1. The second-order valence-corrected chi connectivity index (χ2v) is 10.8. The number of hydrogen-bond donors (Lipinski definition) is 1. The second-order valence-electron chi connectivity index (χ2n) is 8.99. The van der Waals surface area contributed by atoms with Crippen LogP contribution in [0.15, 0.2) is 53.4 Å². The van der Waals surface area contributed by atoms with Crippen molar-refractivity contribution in [1.29, 1.82) is 0 Å². The molecule has 1 fully saturated rings.